The molecule has 0 bridgehead atoms. The number of aromatic nitrogens is 2. The quantitative estimate of drug-likeness (QED) is 0.801. The second-order valence-corrected chi connectivity index (χ2v) is 7.68. The summed E-state index contributed by atoms with van der Waals surface area (Å²) < 4.78 is 22.8. The Balaban J connectivity index is 2.00. The minimum absolute atomic E-state index is 0.0979. The van der Waals surface area contributed by atoms with E-state index >= 15 is 0 Å². The van der Waals surface area contributed by atoms with Gasteiger partial charge in [0.1, 0.15) is 5.82 Å². The highest BCUT2D eigenvalue weighted by atomic mass is 32.2. The van der Waals surface area contributed by atoms with Crippen molar-refractivity contribution < 1.29 is 8.42 Å². The van der Waals surface area contributed by atoms with Gasteiger partial charge in [0.25, 0.3) is 5.56 Å². The highest BCUT2D eigenvalue weighted by molar-refractivity contribution is 7.98. The zero-order chi connectivity index (χ0) is 12.0. The lowest BCUT2D eigenvalue weighted by molar-refractivity contribution is 0.601. The Morgan fingerprint density at radius 2 is 2.18 bits per heavy atom. The van der Waals surface area contributed by atoms with Crippen molar-refractivity contribution in [2.24, 2.45) is 0 Å². The van der Waals surface area contributed by atoms with E-state index in [1.165, 1.54) is 0 Å². The molecule has 1 aromatic rings. The minimum atomic E-state index is -2.94. The van der Waals surface area contributed by atoms with Gasteiger partial charge in [-0.3, -0.25) is 4.79 Å². The van der Waals surface area contributed by atoms with Gasteiger partial charge in [-0.05, 0) is 6.42 Å². The van der Waals surface area contributed by atoms with Crippen molar-refractivity contribution in [2.45, 2.75) is 23.8 Å². The lowest BCUT2D eigenvalue weighted by Crippen LogP contribution is -2.19. The molecule has 92 valence electrons. The molecule has 0 spiro atoms. The molecule has 0 saturated carbocycles. The third-order valence-electron chi connectivity index (χ3n) is 3.22. The standard InChI is InChI=1S/C10H12N2O3S2/c13-10-7-3-16-4-8(7)11-9(12-10)6-1-2-17(14,15)5-6/h6H,1-5H2,(H,11,12,13). The van der Waals surface area contributed by atoms with Crippen LogP contribution in [0.1, 0.15) is 29.4 Å². The Morgan fingerprint density at radius 3 is 2.88 bits per heavy atom. The molecule has 1 aromatic heterocycles. The smallest absolute Gasteiger partial charge is 0.255 e. The van der Waals surface area contributed by atoms with Gasteiger partial charge in [0, 0.05) is 23.0 Å². The van der Waals surface area contributed by atoms with Gasteiger partial charge >= 0.3 is 0 Å². The fraction of sp³-hybridized carbons (Fsp3) is 0.600. The predicted molar refractivity (Wildman–Crippen MR) is 65.9 cm³/mol. The van der Waals surface area contributed by atoms with Crippen molar-refractivity contribution >= 4 is 21.6 Å². The van der Waals surface area contributed by atoms with Crippen LogP contribution in [0.15, 0.2) is 4.79 Å². The van der Waals surface area contributed by atoms with Crippen molar-refractivity contribution in [3.8, 4) is 0 Å². The van der Waals surface area contributed by atoms with Crippen LogP contribution in [0.25, 0.3) is 0 Å². The molecule has 1 N–H and O–H groups in total. The summed E-state index contributed by atoms with van der Waals surface area (Å²) in [6, 6.07) is 0. The molecule has 0 amide bonds. The number of aromatic amines is 1. The van der Waals surface area contributed by atoms with E-state index in [2.05, 4.69) is 9.97 Å². The summed E-state index contributed by atoms with van der Waals surface area (Å²) in [6.45, 7) is 0. The first-order valence-electron chi connectivity index (χ1n) is 5.45. The summed E-state index contributed by atoms with van der Waals surface area (Å²) >= 11 is 1.67. The highest BCUT2D eigenvalue weighted by Gasteiger charge is 2.31. The predicted octanol–water partition coefficient (Wildman–Crippen LogP) is 0.419. The van der Waals surface area contributed by atoms with Gasteiger partial charge in [-0.1, -0.05) is 0 Å². The number of sulfone groups is 1. The first kappa shape index (κ1) is 11.3. The zero-order valence-corrected chi connectivity index (χ0v) is 10.7. The van der Waals surface area contributed by atoms with E-state index in [4.69, 9.17) is 0 Å². The number of fused-ring (bicyclic) bond motifs is 1. The Bertz CT molecular complexity index is 621. The molecule has 3 rings (SSSR count). The minimum Gasteiger partial charge on any atom is -0.310 e. The van der Waals surface area contributed by atoms with Gasteiger partial charge in [0.15, 0.2) is 9.84 Å². The van der Waals surface area contributed by atoms with Gasteiger partial charge in [-0.25, -0.2) is 13.4 Å². The van der Waals surface area contributed by atoms with E-state index in [1.54, 1.807) is 11.8 Å². The van der Waals surface area contributed by atoms with E-state index < -0.39 is 9.84 Å². The van der Waals surface area contributed by atoms with Crippen LogP contribution in [-0.2, 0) is 21.3 Å². The van der Waals surface area contributed by atoms with Gasteiger partial charge in [-0.2, -0.15) is 11.8 Å². The normalized spacial score (nSPS) is 26.0. The number of thioether (sulfide) groups is 1. The molecule has 7 heteroatoms. The van der Waals surface area contributed by atoms with Crippen LogP contribution in [-0.4, -0.2) is 29.9 Å². The zero-order valence-electron chi connectivity index (χ0n) is 9.10. The maximum atomic E-state index is 11.8. The monoisotopic (exact) mass is 272 g/mol. The molecule has 1 saturated heterocycles. The summed E-state index contributed by atoms with van der Waals surface area (Å²) in [6.07, 6.45) is 0.567. The fourth-order valence-corrected chi connectivity index (χ4v) is 5.07. The maximum Gasteiger partial charge on any atom is 0.255 e. The summed E-state index contributed by atoms with van der Waals surface area (Å²) in [5, 5.41) is 0. The molecule has 1 atom stereocenters. The van der Waals surface area contributed by atoms with Crippen molar-refractivity contribution in [1.29, 1.82) is 0 Å². The van der Waals surface area contributed by atoms with Crippen molar-refractivity contribution in [3.63, 3.8) is 0 Å². The second kappa shape index (κ2) is 3.84. The Hall–Kier alpha value is -0.820. The summed E-state index contributed by atoms with van der Waals surface area (Å²) in [4.78, 5) is 19.0. The van der Waals surface area contributed by atoms with Crippen LogP contribution >= 0.6 is 11.8 Å². The molecule has 0 aliphatic carbocycles. The molecule has 0 radical (unpaired) electrons. The number of nitrogens with zero attached hydrogens (tertiary/aromatic N) is 1. The first-order valence-corrected chi connectivity index (χ1v) is 8.43. The number of nitrogens with one attached hydrogen (secondary N) is 1. The molecule has 5 nitrogen and oxygen atoms in total. The largest absolute Gasteiger partial charge is 0.310 e. The maximum absolute atomic E-state index is 11.8. The number of hydrogen-bond donors (Lipinski definition) is 1. The van der Waals surface area contributed by atoms with E-state index in [-0.39, 0.29) is 23.0 Å². The lowest BCUT2D eigenvalue weighted by atomic mass is 10.1. The van der Waals surface area contributed by atoms with Gasteiger partial charge < -0.3 is 4.98 Å². The van der Waals surface area contributed by atoms with Gasteiger partial charge in [-0.15, -0.1) is 0 Å². The highest BCUT2D eigenvalue weighted by Crippen LogP contribution is 2.29. The van der Waals surface area contributed by atoms with Crippen molar-refractivity contribution in [2.75, 3.05) is 11.5 Å². The van der Waals surface area contributed by atoms with Crippen molar-refractivity contribution in [3.05, 3.63) is 27.4 Å². The molecule has 1 fully saturated rings. The topological polar surface area (TPSA) is 79.9 Å². The van der Waals surface area contributed by atoms with Crippen LogP contribution in [0.3, 0.4) is 0 Å². The average molecular weight is 272 g/mol. The van der Waals surface area contributed by atoms with E-state index in [0.29, 0.717) is 18.0 Å². The molecule has 0 aromatic carbocycles. The summed E-state index contributed by atoms with van der Waals surface area (Å²) in [7, 11) is -2.94. The van der Waals surface area contributed by atoms with Crippen LogP contribution in [0, 0.1) is 0 Å². The van der Waals surface area contributed by atoms with E-state index in [9.17, 15) is 13.2 Å². The van der Waals surface area contributed by atoms with Crippen LogP contribution < -0.4 is 5.56 Å². The number of hydrogen-bond acceptors (Lipinski definition) is 5. The van der Waals surface area contributed by atoms with Crippen LogP contribution in [0.5, 0.6) is 0 Å². The Labute approximate surface area is 103 Å². The summed E-state index contributed by atoms with van der Waals surface area (Å²) in [5.41, 5.74) is 1.48. The summed E-state index contributed by atoms with van der Waals surface area (Å²) in [5.74, 6) is 2.20. The molecule has 3 heterocycles. The third kappa shape index (κ3) is 2.01. The van der Waals surface area contributed by atoms with Gasteiger partial charge in [0.2, 0.25) is 0 Å². The Morgan fingerprint density at radius 1 is 1.35 bits per heavy atom. The molecular formula is C10H12N2O3S2. The van der Waals surface area contributed by atoms with Crippen LogP contribution in [0.2, 0.25) is 0 Å². The molecule has 2 aliphatic rings. The molecule has 2 aliphatic heterocycles. The van der Waals surface area contributed by atoms with E-state index in [1.807, 2.05) is 0 Å². The van der Waals surface area contributed by atoms with Gasteiger partial charge in [0.05, 0.1) is 17.2 Å². The van der Waals surface area contributed by atoms with E-state index in [0.717, 1.165) is 17.0 Å². The fourth-order valence-electron chi connectivity index (χ4n) is 2.29. The second-order valence-electron chi connectivity index (χ2n) is 4.47. The first-order chi connectivity index (χ1) is 8.05. The molecular weight excluding hydrogens is 260 g/mol. The molecule has 17 heavy (non-hydrogen) atoms. The number of rotatable bonds is 1. The average Bonchev–Trinajstić information content (AvgIpc) is 2.84. The lowest BCUT2D eigenvalue weighted by Gasteiger charge is -2.08. The van der Waals surface area contributed by atoms with Crippen molar-refractivity contribution in [1.82, 2.24) is 9.97 Å². The third-order valence-corrected chi connectivity index (χ3v) is 5.96. The number of H-pyrrole nitrogens is 1. The van der Waals surface area contributed by atoms with Crippen LogP contribution in [0.4, 0.5) is 0 Å². The molecule has 1 unspecified atom stereocenters. The SMILES string of the molecule is O=c1[nH]c(C2CCS(=O)(=O)C2)nc2c1CSC2. The Kier molecular flexibility index (Phi) is 2.55.